The molecule has 3 aromatic carbocycles. The first-order valence-electron chi connectivity index (χ1n) is 10.6. The van der Waals surface area contributed by atoms with Gasteiger partial charge >= 0.3 is 0 Å². The molecule has 8 heteroatoms. The van der Waals surface area contributed by atoms with Gasteiger partial charge in [-0.05, 0) is 94.9 Å². The van der Waals surface area contributed by atoms with Crippen LogP contribution < -0.4 is 19.5 Å². The van der Waals surface area contributed by atoms with Crippen LogP contribution in [0.1, 0.15) is 18.1 Å². The molecule has 1 amide bonds. The Morgan fingerprint density at radius 1 is 1.06 bits per heavy atom. The molecule has 0 radical (unpaired) electrons. The first-order valence-corrected chi connectivity index (χ1v) is 12.5. The number of nitrogens with zero attached hydrogens (tertiary/aromatic N) is 1. The van der Waals surface area contributed by atoms with Crippen molar-refractivity contribution >= 4 is 57.2 Å². The van der Waals surface area contributed by atoms with Crippen molar-refractivity contribution in [1.82, 2.24) is 5.32 Å². The third-order valence-electron chi connectivity index (χ3n) is 4.80. The lowest BCUT2D eigenvalue weighted by Gasteiger charge is -2.14. The molecule has 0 saturated carbocycles. The van der Waals surface area contributed by atoms with Crippen LogP contribution in [0.15, 0.2) is 76.6 Å². The highest BCUT2D eigenvalue weighted by atomic mass is 127. The third kappa shape index (κ3) is 6.12. The monoisotopic (exact) mass is 586 g/mol. The molecule has 174 valence electrons. The van der Waals surface area contributed by atoms with Crippen molar-refractivity contribution in [3.8, 4) is 17.2 Å². The molecule has 1 aliphatic rings. The number of aliphatic imine (C=N–C) groups is 1. The van der Waals surface area contributed by atoms with Crippen LogP contribution in [0.25, 0.3) is 6.08 Å². The predicted octanol–water partition coefficient (Wildman–Crippen LogP) is 6.17. The molecule has 0 aliphatic carbocycles. The normalized spacial score (nSPS) is 15.4. The molecule has 6 nitrogen and oxygen atoms in total. The van der Waals surface area contributed by atoms with Gasteiger partial charge < -0.3 is 19.5 Å². The minimum absolute atomic E-state index is 0.187. The molecule has 1 saturated heterocycles. The third-order valence-corrected chi connectivity index (χ3v) is 6.52. The van der Waals surface area contributed by atoms with Gasteiger partial charge in [-0.3, -0.25) is 4.79 Å². The van der Waals surface area contributed by atoms with E-state index in [-0.39, 0.29) is 5.91 Å². The molecule has 1 aliphatic heterocycles. The second kappa shape index (κ2) is 11.4. The Morgan fingerprint density at radius 2 is 1.82 bits per heavy atom. The quantitative estimate of drug-likeness (QED) is 0.253. The summed E-state index contributed by atoms with van der Waals surface area (Å²) in [6, 6.07) is 21.2. The molecule has 0 unspecified atom stereocenters. The standard InChI is InChI=1S/C26H23IN2O4S/c1-3-32-20-11-9-19(10-12-20)28-26-29-25(30)23(34-26)15-18-13-21(27)24(22(14-18)31-2)33-16-17-7-5-4-6-8-17/h4-15H,3,16H2,1-2H3,(H,28,29,30)/b23-15-. The summed E-state index contributed by atoms with van der Waals surface area (Å²) < 4.78 is 18.0. The van der Waals surface area contributed by atoms with E-state index in [9.17, 15) is 4.79 Å². The summed E-state index contributed by atoms with van der Waals surface area (Å²) in [5.74, 6) is 1.89. The summed E-state index contributed by atoms with van der Waals surface area (Å²) in [5.41, 5.74) is 2.65. The molecule has 0 aromatic heterocycles. The van der Waals surface area contributed by atoms with Gasteiger partial charge in [-0.15, -0.1) is 0 Å². The zero-order valence-corrected chi connectivity index (χ0v) is 21.7. The summed E-state index contributed by atoms with van der Waals surface area (Å²) in [5, 5.41) is 3.35. The van der Waals surface area contributed by atoms with Gasteiger partial charge in [0.15, 0.2) is 16.7 Å². The van der Waals surface area contributed by atoms with E-state index in [1.54, 1.807) is 7.11 Å². The van der Waals surface area contributed by atoms with Crippen LogP contribution in [0, 0.1) is 3.57 Å². The average molecular weight is 586 g/mol. The lowest BCUT2D eigenvalue weighted by molar-refractivity contribution is -0.115. The smallest absolute Gasteiger partial charge is 0.264 e. The summed E-state index contributed by atoms with van der Waals surface area (Å²) in [7, 11) is 1.61. The average Bonchev–Trinajstić information content (AvgIpc) is 3.18. The van der Waals surface area contributed by atoms with Gasteiger partial charge in [0.2, 0.25) is 0 Å². The number of halogens is 1. The summed E-state index contributed by atoms with van der Waals surface area (Å²) in [6.07, 6.45) is 1.83. The zero-order chi connectivity index (χ0) is 23.9. The topological polar surface area (TPSA) is 69.2 Å². The lowest BCUT2D eigenvalue weighted by atomic mass is 10.2. The molecule has 0 atom stereocenters. The van der Waals surface area contributed by atoms with Gasteiger partial charge in [0.1, 0.15) is 12.4 Å². The SMILES string of the molecule is CCOc1ccc(N=C2NC(=O)/C(=C/c3cc(I)c(OCc4ccccc4)c(OC)c3)S2)cc1. The van der Waals surface area contributed by atoms with Crippen molar-refractivity contribution in [1.29, 1.82) is 0 Å². The fourth-order valence-electron chi connectivity index (χ4n) is 3.23. The van der Waals surface area contributed by atoms with Crippen molar-refractivity contribution in [2.24, 2.45) is 4.99 Å². The second-order valence-corrected chi connectivity index (χ2v) is 9.41. The number of methoxy groups -OCH3 is 1. The van der Waals surface area contributed by atoms with Crippen LogP contribution in [0.4, 0.5) is 5.69 Å². The largest absolute Gasteiger partial charge is 0.494 e. The van der Waals surface area contributed by atoms with Crippen LogP contribution in [-0.2, 0) is 11.4 Å². The van der Waals surface area contributed by atoms with Gasteiger partial charge in [-0.1, -0.05) is 30.3 Å². The number of benzene rings is 3. The highest BCUT2D eigenvalue weighted by molar-refractivity contribution is 14.1. The molecule has 3 aromatic rings. The second-order valence-electron chi connectivity index (χ2n) is 7.22. The van der Waals surface area contributed by atoms with Gasteiger partial charge in [0, 0.05) is 0 Å². The van der Waals surface area contributed by atoms with Crippen LogP contribution in [0.5, 0.6) is 17.2 Å². The fraction of sp³-hybridized carbons (Fsp3) is 0.154. The Hall–Kier alpha value is -2.98. The maximum Gasteiger partial charge on any atom is 0.264 e. The highest BCUT2D eigenvalue weighted by Crippen LogP contribution is 2.36. The number of amides is 1. The molecular formula is C26H23IN2O4S. The number of carbonyl (C=O) groups excluding carboxylic acids is 1. The van der Waals surface area contributed by atoms with E-state index in [1.165, 1.54) is 11.8 Å². The lowest BCUT2D eigenvalue weighted by Crippen LogP contribution is -2.19. The van der Waals surface area contributed by atoms with E-state index < -0.39 is 0 Å². The van der Waals surface area contributed by atoms with Crippen LogP contribution in [-0.4, -0.2) is 24.8 Å². The Labute approximate surface area is 216 Å². The van der Waals surface area contributed by atoms with Gasteiger partial charge in [0.25, 0.3) is 5.91 Å². The van der Waals surface area contributed by atoms with Crippen molar-refractivity contribution in [3.63, 3.8) is 0 Å². The van der Waals surface area contributed by atoms with E-state index in [2.05, 4.69) is 32.9 Å². The van der Waals surface area contributed by atoms with Crippen LogP contribution in [0.2, 0.25) is 0 Å². The summed E-state index contributed by atoms with van der Waals surface area (Å²) in [6.45, 7) is 2.99. The van der Waals surface area contributed by atoms with Gasteiger partial charge in [-0.25, -0.2) is 4.99 Å². The minimum atomic E-state index is -0.187. The Kier molecular flexibility index (Phi) is 8.12. The van der Waals surface area contributed by atoms with Gasteiger partial charge in [0.05, 0.1) is 27.9 Å². The zero-order valence-electron chi connectivity index (χ0n) is 18.7. The van der Waals surface area contributed by atoms with E-state index in [0.717, 1.165) is 26.1 Å². The predicted molar refractivity (Wildman–Crippen MR) is 145 cm³/mol. The Balaban J connectivity index is 1.50. The maximum atomic E-state index is 12.5. The number of rotatable bonds is 8. The highest BCUT2D eigenvalue weighted by Gasteiger charge is 2.24. The van der Waals surface area contributed by atoms with Crippen LogP contribution >= 0.6 is 34.4 Å². The molecule has 1 fully saturated rings. The molecular weight excluding hydrogens is 563 g/mol. The van der Waals surface area contributed by atoms with Crippen molar-refractivity contribution in [2.75, 3.05) is 13.7 Å². The minimum Gasteiger partial charge on any atom is -0.494 e. The first-order chi connectivity index (χ1) is 16.6. The van der Waals surface area contributed by atoms with Gasteiger partial charge in [-0.2, -0.15) is 0 Å². The Bertz CT molecular complexity index is 1230. The molecule has 0 bridgehead atoms. The number of carbonyl (C=O) groups is 1. The molecule has 0 spiro atoms. The first kappa shape index (κ1) is 24.2. The molecule has 4 rings (SSSR count). The van der Waals surface area contributed by atoms with E-state index in [4.69, 9.17) is 14.2 Å². The molecule has 1 N–H and O–H groups in total. The number of hydrogen-bond acceptors (Lipinski definition) is 6. The van der Waals surface area contributed by atoms with Crippen molar-refractivity contribution in [3.05, 3.63) is 86.3 Å². The number of nitrogens with one attached hydrogen (secondary N) is 1. The van der Waals surface area contributed by atoms with Crippen LogP contribution in [0.3, 0.4) is 0 Å². The number of hydrogen-bond donors (Lipinski definition) is 1. The van der Waals surface area contributed by atoms with Crippen molar-refractivity contribution in [2.45, 2.75) is 13.5 Å². The summed E-state index contributed by atoms with van der Waals surface area (Å²) in [4.78, 5) is 17.6. The number of amidine groups is 1. The maximum absolute atomic E-state index is 12.5. The fourth-order valence-corrected chi connectivity index (χ4v) is 4.85. The van der Waals surface area contributed by atoms with E-state index in [1.807, 2.05) is 79.7 Å². The number of thioether (sulfide) groups is 1. The molecule has 1 heterocycles. The Morgan fingerprint density at radius 3 is 2.53 bits per heavy atom. The molecule has 34 heavy (non-hydrogen) atoms. The summed E-state index contributed by atoms with van der Waals surface area (Å²) >= 11 is 3.52. The van der Waals surface area contributed by atoms with E-state index in [0.29, 0.717) is 34.8 Å². The number of ether oxygens (including phenoxy) is 3. The van der Waals surface area contributed by atoms with Crippen molar-refractivity contribution < 1.29 is 19.0 Å². The van der Waals surface area contributed by atoms with E-state index >= 15 is 0 Å².